The lowest BCUT2D eigenvalue weighted by Crippen LogP contribution is -2.52. The molecule has 1 saturated carbocycles. The average molecular weight is 603 g/mol. The van der Waals surface area contributed by atoms with Crippen molar-refractivity contribution in [2.75, 3.05) is 24.7 Å². The van der Waals surface area contributed by atoms with Crippen LogP contribution in [0.2, 0.25) is 0 Å². The molecule has 226 valence electrons. The van der Waals surface area contributed by atoms with E-state index < -0.39 is 27.6 Å². The summed E-state index contributed by atoms with van der Waals surface area (Å²) in [6.07, 6.45) is -0.348. The lowest BCUT2D eigenvalue weighted by Gasteiger charge is -2.44. The molecule has 2 aliphatic rings. The average Bonchev–Trinajstić information content (AvgIpc) is 3.31. The zero-order valence-corrected chi connectivity index (χ0v) is 24.8. The van der Waals surface area contributed by atoms with Gasteiger partial charge in [0.2, 0.25) is 5.91 Å². The fourth-order valence-electron chi connectivity index (χ4n) is 6.41. The fraction of sp³-hybridized carbons (Fsp3) is 0.484. The second kappa shape index (κ2) is 11.8. The zero-order chi connectivity index (χ0) is 30.2. The zero-order valence-electron chi connectivity index (χ0n) is 24.0. The van der Waals surface area contributed by atoms with Crippen LogP contribution in [0.3, 0.4) is 0 Å². The van der Waals surface area contributed by atoms with Gasteiger partial charge in [-0.25, -0.2) is 8.42 Å². The molecule has 0 radical (unpaired) electrons. The number of rotatable bonds is 8. The van der Waals surface area contributed by atoms with Gasteiger partial charge in [-0.05, 0) is 88.9 Å². The number of nitrogens with one attached hydrogen (secondary N) is 1. The maximum Gasteiger partial charge on any atom is 0.416 e. The van der Waals surface area contributed by atoms with Crippen LogP contribution in [0.25, 0.3) is 10.9 Å². The van der Waals surface area contributed by atoms with Crippen molar-refractivity contribution in [1.29, 1.82) is 0 Å². The third-order valence-electron chi connectivity index (χ3n) is 8.88. The quantitative estimate of drug-likeness (QED) is 0.361. The Morgan fingerprint density at radius 1 is 1.07 bits per heavy atom. The smallest absolute Gasteiger partial charge is 0.373 e. The summed E-state index contributed by atoms with van der Waals surface area (Å²) < 4.78 is 67.2. The van der Waals surface area contributed by atoms with Crippen molar-refractivity contribution < 1.29 is 26.4 Å². The van der Waals surface area contributed by atoms with Crippen LogP contribution in [0, 0.1) is 5.92 Å². The number of pyridine rings is 1. The number of carbonyl (C=O) groups is 1. The standard InChI is InChI=1S/C31H37F3N4O3S/c1-20(2)37(3)23-10-12-29(21(17-23)19-42(40,41)24-7-5-4-6-8-24)38-16-14-28(30(38)39)36-27-13-15-35-26-11-9-22(18-25(26)27)31(32,33)34/h4-9,11,13,15,18,20-21,23,28-29H,10,12,14,16-17,19H2,1-3H3,(H,35,36)/t21-,23-,28-,29+/m1/s1. The molecule has 11 heteroatoms. The van der Waals surface area contributed by atoms with Crippen molar-refractivity contribution in [2.45, 2.75) is 74.8 Å². The van der Waals surface area contributed by atoms with Crippen LogP contribution in [-0.2, 0) is 20.8 Å². The van der Waals surface area contributed by atoms with Crippen LogP contribution in [0.4, 0.5) is 18.9 Å². The monoisotopic (exact) mass is 602 g/mol. The predicted octanol–water partition coefficient (Wildman–Crippen LogP) is 5.62. The lowest BCUT2D eigenvalue weighted by molar-refractivity contribution is -0.137. The van der Waals surface area contributed by atoms with Crippen LogP contribution in [0.1, 0.15) is 45.1 Å². The minimum atomic E-state index is -4.50. The summed E-state index contributed by atoms with van der Waals surface area (Å²) in [7, 11) is -1.52. The minimum absolute atomic E-state index is 0.0544. The molecule has 42 heavy (non-hydrogen) atoms. The van der Waals surface area contributed by atoms with Crippen molar-refractivity contribution in [3.63, 3.8) is 0 Å². The summed E-state index contributed by atoms with van der Waals surface area (Å²) in [5.41, 5.74) is 0.0295. The molecular formula is C31H37F3N4O3S. The van der Waals surface area contributed by atoms with Crippen molar-refractivity contribution >= 4 is 32.3 Å². The summed E-state index contributed by atoms with van der Waals surface area (Å²) in [6.45, 7) is 4.68. The van der Waals surface area contributed by atoms with E-state index in [1.807, 2.05) is 0 Å². The van der Waals surface area contributed by atoms with E-state index in [4.69, 9.17) is 0 Å². The van der Waals surface area contributed by atoms with Crippen LogP contribution in [0.15, 0.2) is 65.7 Å². The molecule has 1 aliphatic carbocycles. The Bertz CT molecular complexity index is 1530. The molecule has 0 unspecified atom stereocenters. The number of benzene rings is 2. The van der Waals surface area contributed by atoms with Gasteiger partial charge in [-0.1, -0.05) is 18.2 Å². The Kier molecular flexibility index (Phi) is 8.53. The highest BCUT2D eigenvalue weighted by molar-refractivity contribution is 7.91. The molecule has 5 rings (SSSR count). The molecule has 0 bridgehead atoms. The lowest BCUT2D eigenvalue weighted by atomic mass is 9.81. The molecule has 1 aliphatic heterocycles. The van der Waals surface area contributed by atoms with Gasteiger partial charge >= 0.3 is 6.18 Å². The van der Waals surface area contributed by atoms with Gasteiger partial charge in [-0.15, -0.1) is 0 Å². The number of anilines is 1. The van der Waals surface area contributed by atoms with Crippen molar-refractivity contribution in [3.8, 4) is 0 Å². The summed E-state index contributed by atoms with van der Waals surface area (Å²) >= 11 is 0. The van der Waals surface area contributed by atoms with Crippen LogP contribution in [-0.4, -0.2) is 72.6 Å². The number of carbonyl (C=O) groups excluding carboxylic acids is 1. The van der Waals surface area contributed by atoms with Gasteiger partial charge in [0.05, 0.1) is 21.7 Å². The Morgan fingerprint density at radius 3 is 2.50 bits per heavy atom. The highest BCUT2D eigenvalue weighted by Crippen LogP contribution is 2.37. The van der Waals surface area contributed by atoms with Crippen LogP contribution < -0.4 is 5.32 Å². The molecular weight excluding hydrogens is 565 g/mol. The van der Waals surface area contributed by atoms with Gasteiger partial charge < -0.3 is 15.1 Å². The summed E-state index contributed by atoms with van der Waals surface area (Å²) in [4.78, 5) is 22.3. The fourth-order valence-corrected chi connectivity index (χ4v) is 8.10. The van der Waals surface area contributed by atoms with E-state index in [2.05, 4.69) is 36.1 Å². The van der Waals surface area contributed by atoms with Gasteiger partial charge in [0.25, 0.3) is 0 Å². The third-order valence-corrected chi connectivity index (χ3v) is 10.7. The highest BCUT2D eigenvalue weighted by atomic mass is 32.2. The van der Waals surface area contributed by atoms with E-state index in [0.717, 1.165) is 18.6 Å². The summed E-state index contributed by atoms with van der Waals surface area (Å²) in [5.74, 6) is -0.468. The van der Waals surface area contributed by atoms with Crippen molar-refractivity contribution in [3.05, 3.63) is 66.4 Å². The molecule has 1 saturated heterocycles. The van der Waals surface area contributed by atoms with Gasteiger partial charge in [0.15, 0.2) is 9.84 Å². The Morgan fingerprint density at radius 2 is 1.81 bits per heavy atom. The predicted molar refractivity (Wildman–Crippen MR) is 157 cm³/mol. The summed E-state index contributed by atoms with van der Waals surface area (Å²) in [5, 5.41) is 3.48. The second-order valence-corrected chi connectivity index (χ2v) is 13.8. The Hall–Kier alpha value is -3.18. The molecule has 1 aromatic heterocycles. The number of nitrogens with zero attached hydrogens (tertiary/aromatic N) is 3. The maximum atomic E-state index is 13.8. The van der Waals surface area contributed by atoms with E-state index in [9.17, 15) is 26.4 Å². The van der Waals surface area contributed by atoms with E-state index in [0.29, 0.717) is 48.4 Å². The Labute approximate surface area is 245 Å². The topological polar surface area (TPSA) is 82.6 Å². The first kappa shape index (κ1) is 30.3. The number of hydrogen-bond donors (Lipinski definition) is 1. The van der Waals surface area contributed by atoms with E-state index >= 15 is 0 Å². The largest absolute Gasteiger partial charge is 0.416 e. The van der Waals surface area contributed by atoms with Gasteiger partial charge in [-0.3, -0.25) is 9.78 Å². The molecule has 1 amide bonds. The summed E-state index contributed by atoms with van der Waals surface area (Å²) in [6, 6.07) is 13.0. The minimum Gasteiger partial charge on any atom is -0.373 e. The number of amides is 1. The molecule has 7 nitrogen and oxygen atoms in total. The van der Waals surface area contributed by atoms with Crippen molar-refractivity contribution in [2.24, 2.45) is 5.92 Å². The van der Waals surface area contributed by atoms with E-state index in [1.165, 1.54) is 12.3 Å². The van der Waals surface area contributed by atoms with Crippen LogP contribution >= 0.6 is 0 Å². The molecule has 3 aromatic rings. The van der Waals surface area contributed by atoms with E-state index in [1.54, 1.807) is 41.3 Å². The molecule has 2 heterocycles. The molecule has 2 fully saturated rings. The van der Waals surface area contributed by atoms with Gasteiger partial charge in [0, 0.05) is 41.9 Å². The maximum absolute atomic E-state index is 13.8. The first-order chi connectivity index (χ1) is 19.8. The van der Waals surface area contributed by atoms with Crippen LogP contribution in [0.5, 0.6) is 0 Å². The molecule has 2 aromatic carbocycles. The SMILES string of the molecule is CC(C)N(C)[C@@H]1CC[C@H](N2CC[C@@H](Nc3ccnc4ccc(C(F)(F)F)cc34)C2=O)[C@@H](CS(=O)(=O)c2ccccc2)C1. The number of hydrogen-bond acceptors (Lipinski definition) is 6. The normalized spacial score (nSPS) is 23.7. The molecule has 1 N–H and O–H groups in total. The number of alkyl halides is 3. The number of fused-ring (bicyclic) bond motifs is 1. The van der Waals surface area contributed by atoms with Gasteiger partial charge in [-0.2, -0.15) is 13.2 Å². The number of likely N-dealkylation sites (tertiary alicyclic amines) is 1. The third kappa shape index (κ3) is 6.27. The molecule has 0 spiro atoms. The Balaban J connectivity index is 1.38. The van der Waals surface area contributed by atoms with E-state index in [-0.39, 0.29) is 34.6 Å². The number of halogens is 3. The number of aromatic nitrogens is 1. The molecule has 4 atom stereocenters. The van der Waals surface area contributed by atoms with Gasteiger partial charge in [0.1, 0.15) is 6.04 Å². The highest BCUT2D eigenvalue weighted by Gasteiger charge is 2.44. The van der Waals surface area contributed by atoms with Crippen molar-refractivity contribution in [1.82, 2.24) is 14.8 Å². The first-order valence-electron chi connectivity index (χ1n) is 14.4. The second-order valence-electron chi connectivity index (χ2n) is 11.8. The number of sulfone groups is 1. The first-order valence-corrected chi connectivity index (χ1v) is 16.0.